The van der Waals surface area contributed by atoms with Crippen molar-refractivity contribution >= 4 is 19.4 Å². The highest BCUT2D eigenvalue weighted by Gasteiger charge is 2.39. The van der Waals surface area contributed by atoms with Crippen LogP contribution in [-0.2, 0) is 24.4 Å². The molecule has 144 valence electrons. The molecular formula is C18H18BFN4O3S. The van der Waals surface area contributed by atoms with E-state index in [-0.39, 0.29) is 11.4 Å². The highest BCUT2D eigenvalue weighted by molar-refractivity contribution is 7.15. The predicted octanol–water partition coefficient (Wildman–Crippen LogP) is 2.17. The fourth-order valence-corrected chi connectivity index (χ4v) is 4.99. The summed E-state index contributed by atoms with van der Waals surface area (Å²) in [7, 11) is 1.40. The van der Waals surface area contributed by atoms with E-state index in [1.807, 2.05) is 10.8 Å². The second-order valence-electron chi connectivity index (χ2n) is 7.31. The highest BCUT2D eigenvalue weighted by atomic mass is 32.1. The van der Waals surface area contributed by atoms with E-state index in [1.54, 1.807) is 23.6 Å². The SMILES string of the molecule is BOOc1cc(F)ccc1-c1nc2c(s1)CN(C[C@@]1(C)Cn3ccnc3O1)C2. The first-order valence-corrected chi connectivity index (χ1v) is 9.76. The van der Waals surface area contributed by atoms with Crippen LogP contribution in [0, 0.1) is 5.82 Å². The molecule has 0 bridgehead atoms. The molecule has 0 aliphatic carbocycles. The van der Waals surface area contributed by atoms with Gasteiger partial charge in [0.05, 0.1) is 17.8 Å². The van der Waals surface area contributed by atoms with Gasteiger partial charge in [0.25, 0.3) is 6.01 Å². The van der Waals surface area contributed by atoms with E-state index in [0.29, 0.717) is 11.8 Å². The van der Waals surface area contributed by atoms with Crippen LogP contribution in [0.3, 0.4) is 0 Å². The Morgan fingerprint density at radius 2 is 2.29 bits per heavy atom. The standard InChI is InChI=1S/C18H18BFN4O3S/c1-18(10-24-5-4-21-17(24)25-18)9-23-7-13-15(8-23)28-16(22-13)12-3-2-11(20)6-14(12)26-27-19/h2-6H,7-10,19H2,1H3/t18-/m0/s1. The van der Waals surface area contributed by atoms with E-state index in [4.69, 9.17) is 19.4 Å². The molecule has 5 rings (SSSR count). The Morgan fingerprint density at radius 3 is 3.07 bits per heavy atom. The third-order valence-electron chi connectivity index (χ3n) is 4.94. The Bertz CT molecular complexity index is 996. The molecule has 0 radical (unpaired) electrons. The van der Waals surface area contributed by atoms with Gasteiger partial charge in [0.2, 0.25) is 0 Å². The topological polar surface area (TPSA) is 61.6 Å². The van der Waals surface area contributed by atoms with Gasteiger partial charge in [-0.25, -0.2) is 14.4 Å². The fraction of sp³-hybridized carbons (Fsp3) is 0.333. The van der Waals surface area contributed by atoms with Gasteiger partial charge in [-0.05, 0) is 19.1 Å². The number of fused-ring (bicyclic) bond motifs is 2. The maximum Gasteiger partial charge on any atom is 0.322 e. The van der Waals surface area contributed by atoms with Crippen molar-refractivity contribution in [3.63, 3.8) is 0 Å². The maximum atomic E-state index is 13.5. The first-order chi connectivity index (χ1) is 13.5. The van der Waals surface area contributed by atoms with Crippen LogP contribution in [0.4, 0.5) is 4.39 Å². The van der Waals surface area contributed by atoms with E-state index in [0.717, 1.165) is 42.4 Å². The molecular weight excluding hydrogens is 382 g/mol. The molecule has 0 saturated carbocycles. The molecule has 2 aliphatic rings. The predicted molar refractivity (Wildman–Crippen MR) is 103 cm³/mol. The van der Waals surface area contributed by atoms with E-state index >= 15 is 0 Å². The third kappa shape index (κ3) is 3.07. The Kier molecular flexibility index (Phi) is 4.15. The summed E-state index contributed by atoms with van der Waals surface area (Å²) >= 11 is 1.60. The maximum absolute atomic E-state index is 13.5. The molecule has 0 unspecified atom stereocenters. The molecule has 0 spiro atoms. The summed E-state index contributed by atoms with van der Waals surface area (Å²) in [6.07, 6.45) is 3.70. The number of ether oxygens (including phenoxy) is 1. The molecule has 2 aromatic heterocycles. The van der Waals surface area contributed by atoms with Crippen molar-refractivity contribution in [2.45, 2.75) is 32.2 Å². The second-order valence-corrected chi connectivity index (χ2v) is 8.40. The lowest BCUT2D eigenvalue weighted by Gasteiger charge is -2.28. The summed E-state index contributed by atoms with van der Waals surface area (Å²) in [5.74, 6) is -0.0519. The van der Waals surface area contributed by atoms with Gasteiger partial charge in [-0.2, -0.15) is 0 Å². The lowest BCUT2D eigenvalue weighted by molar-refractivity contribution is -0.0927. The normalized spacial score (nSPS) is 20.8. The van der Waals surface area contributed by atoms with Gasteiger partial charge < -0.3 is 9.62 Å². The van der Waals surface area contributed by atoms with Crippen LogP contribution in [-0.4, -0.2) is 39.6 Å². The van der Waals surface area contributed by atoms with Crippen LogP contribution in [0.1, 0.15) is 17.5 Å². The summed E-state index contributed by atoms with van der Waals surface area (Å²) in [5.41, 5.74) is 1.48. The average molecular weight is 400 g/mol. The highest BCUT2D eigenvalue weighted by Crippen LogP contribution is 2.39. The molecule has 4 heterocycles. The van der Waals surface area contributed by atoms with E-state index < -0.39 is 0 Å². The number of hydrogen-bond donors (Lipinski definition) is 0. The Morgan fingerprint density at radius 1 is 1.39 bits per heavy atom. The molecule has 0 amide bonds. The van der Waals surface area contributed by atoms with Gasteiger partial charge >= 0.3 is 8.05 Å². The zero-order valence-corrected chi connectivity index (χ0v) is 16.3. The molecule has 0 saturated heterocycles. The molecule has 0 fully saturated rings. The minimum Gasteiger partial charge on any atom is -0.455 e. The Hall–Kier alpha value is -2.43. The summed E-state index contributed by atoms with van der Waals surface area (Å²) in [4.78, 5) is 22.4. The van der Waals surface area contributed by atoms with Gasteiger partial charge in [-0.1, -0.05) is 0 Å². The number of nitrogens with zero attached hydrogens (tertiary/aromatic N) is 4. The number of imidazole rings is 1. The van der Waals surface area contributed by atoms with Gasteiger partial charge in [0.15, 0.2) is 5.75 Å². The lowest BCUT2D eigenvalue weighted by atomic mass is 10.1. The van der Waals surface area contributed by atoms with Crippen LogP contribution in [0.5, 0.6) is 11.8 Å². The number of aromatic nitrogens is 3. The zero-order chi connectivity index (χ0) is 19.3. The van der Waals surface area contributed by atoms with Gasteiger partial charge in [-0.15, -0.1) is 11.3 Å². The van der Waals surface area contributed by atoms with Crippen molar-refractivity contribution in [1.82, 2.24) is 19.4 Å². The van der Waals surface area contributed by atoms with Crippen LogP contribution in [0.25, 0.3) is 10.6 Å². The molecule has 7 nitrogen and oxygen atoms in total. The van der Waals surface area contributed by atoms with E-state index in [9.17, 15) is 4.39 Å². The number of hydrogen-bond acceptors (Lipinski definition) is 7. The quantitative estimate of drug-likeness (QED) is 0.372. The molecule has 3 aromatic rings. The molecule has 1 aromatic carbocycles. The molecule has 10 heteroatoms. The lowest BCUT2D eigenvalue weighted by Crippen LogP contribution is -2.43. The smallest absolute Gasteiger partial charge is 0.322 e. The van der Waals surface area contributed by atoms with Crippen molar-refractivity contribution in [3.05, 3.63) is 47.0 Å². The number of thiazole rings is 1. The third-order valence-corrected chi connectivity index (χ3v) is 6.06. The summed E-state index contributed by atoms with van der Waals surface area (Å²) in [6, 6.07) is 5.06. The fourth-order valence-electron chi connectivity index (χ4n) is 3.85. The van der Waals surface area contributed by atoms with Gasteiger partial charge in [0.1, 0.15) is 16.4 Å². The van der Waals surface area contributed by atoms with Crippen molar-refractivity contribution in [2.24, 2.45) is 0 Å². The largest absolute Gasteiger partial charge is 0.455 e. The van der Waals surface area contributed by atoms with Crippen LogP contribution >= 0.6 is 11.3 Å². The minimum absolute atomic E-state index is 0.295. The second kappa shape index (κ2) is 6.58. The molecule has 1 atom stereocenters. The molecule has 2 aliphatic heterocycles. The summed E-state index contributed by atoms with van der Waals surface area (Å²) in [5, 5.41) is 0.806. The minimum atomic E-state index is -0.379. The van der Waals surface area contributed by atoms with Crippen molar-refractivity contribution in [2.75, 3.05) is 6.54 Å². The number of halogens is 1. The monoisotopic (exact) mass is 400 g/mol. The van der Waals surface area contributed by atoms with Gasteiger partial charge in [-0.3, -0.25) is 14.3 Å². The van der Waals surface area contributed by atoms with Crippen LogP contribution < -0.4 is 9.62 Å². The van der Waals surface area contributed by atoms with E-state index in [1.165, 1.54) is 25.1 Å². The number of benzene rings is 1. The van der Waals surface area contributed by atoms with Crippen molar-refractivity contribution in [3.8, 4) is 22.3 Å². The van der Waals surface area contributed by atoms with Crippen LogP contribution in [0.2, 0.25) is 0 Å². The first-order valence-electron chi connectivity index (χ1n) is 8.95. The first kappa shape index (κ1) is 17.7. The molecule has 28 heavy (non-hydrogen) atoms. The Labute approximate surface area is 166 Å². The summed E-state index contributed by atoms with van der Waals surface area (Å²) < 4.78 is 21.6. The number of rotatable bonds is 5. The van der Waals surface area contributed by atoms with E-state index in [2.05, 4.69) is 16.8 Å². The average Bonchev–Trinajstić information content (AvgIpc) is 3.35. The van der Waals surface area contributed by atoms with Gasteiger partial charge in [0, 0.05) is 43.0 Å². The van der Waals surface area contributed by atoms with Crippen molar-refractivity contribution < 1.29 is 18.8 Å². The summed E-state index contributed by atoms with van der Waals surface area (Å²) in [6.45, 7) is 5.27. The van der Waals surface area contributed by atoms with Crippen LogP contribution in [0.15, 0.2) is 30.6 Å². The van der Waals surface area contributed by atoms with Crippen molar-refractivity contribution in [1.29, 1.82) is 0 Å². The molecule has 0 N–H and O–H groups in total. The zero-order valence-electron chi connectivity index (χ0n) is 15.5. The Balaban J connectivity index is 1.31.